The summed E-state index contributed by atoms with van der Waals surface area (Å²) in [5, 5.41) is 12.8. The van der Waals surface area contributed by atoms with Crippen LogP contribution in [0.5, 0.6) is 0 Å². The summed E-state index contributed by atoms with van der Waals surface area (Å²) >= 11 is 0. The molecule has 0 aliphatic rings. The van der Waals surface area contributed by atoms with Crippen LogP contribution in [0.15, 0.2) is 43.0 Å². The molecule has 3 N–H and O–H groups in total. The molecule has 3 aromatic heterocycles. The Hall–Kier alpha value is -2.89. The van der Waals surface area contributed by atoms with Crippen LogP contribution in [0, 0.1) is 5.92 Å². The third-order valence-corrected chi connectivity index (χ3v) is 4.14. The number of fused-ring (bicyclic) bond motifs is 2. The van der Waals surface area contributed by atoms with Gasteiger partial charge >= 0.3 is 0 Å². The number of hydrogen-bond donors (Lipinski definition) is 3. The van der Waals surface area contributed by atoms with Crippen LogP contribution in [0.2, 0.25) is 0 Å². The highest BCUT2D eigenvalue weighted by atomic mass is 15.1. The zero-order valence-corrected chi connectivity index (χ0v) is 13.0. The van der Waals surface area contributed by atoms with Crippen molar-refractivity contribution in [2.45, 2.75) is 19.9 Å². The van der Waals surface area contributed by atoms with Gasteiger partial charge in [-0.15, -0.1) is 0 Å². The van der Waals surface area contributed by atoms with Gasteiger partial charge in [0.25, 0.3) is 0 Å². The summed E-state index contributed by atoms with van der Waals surface area (Å²) < 4.78 is 0. The molecule has 23 heavy (non-hydrogen) atoms. The molecule has 3 heterocycles. The van der Waals surface area contributed by atoms with Crippen LogP contribution in [0.25, 0.3) is 21.9 Å². The number of aromatic nitrogens is 5. The molecule has 0 amide bonds. The first-order valence-corrected chi connectivity index (χ1v) is 7.70. The Labute approximate surface area is 133 Å². The maximum Gasteiger partial charge on any atom is 0.142 e. The van der Waals surface area contributed by atoms with E-state index in [9.17, 15) is 0 Å². The second kappa shape index (κ2) is 5.39. The van der Waals surface area contributed by atoms with Gasteiger partial charge in [-0.1, -0.05) is 26.0 Å². The largest absolute Gasteiger partial charge is 0.362 e. The predicted molar refractivity (Wildman–Crippen MR) is 91.2 cm³/mol. The Morgan fingerprint density at radius 2 is 2.04 bits per heavy atom. The highest BCUT2D eigenvalue weighted by Gasteiger charge is 2.18. The molecule has 6 nitrogen and oxygen atoms in total. The minimum atomic E-state index is 0.149. The van der Waals surface area contributed by atoms with Crippen LogP contribution >= 0.6 is 0 Å². The summed E-state index contributed by atoms with van der Waals surface area (Å²) in [4.78, 5) is 11.8. The average Bonchev–Trinajstić information content (AvgIpc) is 3.20. The Balaban J connectivity index is 1.74. The number of H-pyrrole nitrogens is 2. The van der Waals surface area contributed by atoms with E-state index in [0.717, 1.165) is 27.8 Å². The average molecular weight is 306 g/mol. The van der Waals surface area contributed by atoms with Crippen molar-refractivity contribution in [3.63, 3.8) is 0 Å². The molecule has 0 aliphatic heterocycles. The SMILES string of the molecule is CC(C)[C@@H](Nc1ncnc2[nH]ccc12)c1ccc2cn[nH]c2c1. The molecule has 0 radical (unpaired) electrons. The van der Waals surface area contributed by atoms with Gasteiger partial charge in [-0.3, -0.25) is 5.10 Å². The maximum atomic E-state index is 4.42. The lowest BCUT2D eigenvalue weighted by molar-refractivity contribution is 0.545. The third-order valence-electron chi connectivity index (χ3n) is 4.14. The Kier molecular flexibility index (Phi) is 3.22. The fraction of sp³-hybridized carbons (Fsp3) is 0.235. The van der Waals surface area contributed by atoms with Crippen LogP contribution in [0.4, 0.5) is 5.82 Å². The monoisotopic (exact) mass is 306 g/mol. The van der Waals surface area contributed by atoms with Crippen LogP contribution in [0.1, 0.15) is 25.5 Å². The van der Waals surface area contributed by atoms with Crippen molar-refractivity contribution in [3.8, 4) is 0 Å². The van der Waals surface area contributed by atoms with Crippen LogP contribution in [-0.2, 0) is 0 Å². The van der Waals surface area contributed by atoms with Crippen molar-refractivity contribution in [1.82, 2.24) is 25.1 Å². The lowest BCUT2D eigenvalue weighted by atomic mass is 9.95. The van der Waals surface area contributed by atoms with E-state index in [1.165, 1.54) is 5.56 Å². The molecule has 4 rings (SSSR count). The molecule has 6 heteroatoms. The quantitative estimate of drug-likeness (QED) is 0.537. The van der Waals surface area contributed by atoms with Gasteiger partial charge in [-0.25, -0.2) is 9.97 Å². The van der Waals surface area contributed by atoms with E-state index in [1.54, 1.807) is 6.33 Å². The van der Waals surface area contributed by atoms with Gasteiger partial charge in [0.15, 0.2) is 0 Å². The first-order valence-electron chi connectivity index (χ1n) is 7.70. The highest BCUT2D eigenvalue weighted by Crippen LogP contribution is 2.30. The van der Waals surface area contributed by atoms with Crippen molar-refractivity contribution < 1.29 is 0 Å². The van der Waals surface area contributed by atoms with Gasteiger partial charge in [-0.2, -0.15) is 5.10 Å². The number of rotatable bonds is 4. The summed E-state index contributed by atoms with van der Waals surface area (Å²) in [6, 6.07) is 8.53. The summed E-state index contributed by atoms with van der Waals surface area (Å²) in [6.45, 7) is 4.40. The molecule has 0 unspecified atom stereocenters. The van der Waals surface area contributed by atoms with E-state index in [1.807, 2.05) is 18.5 Å². The number of nitrogens with one attached hydrogen (secondary N) is 3. The van der Waals surface area contributed by atoms with Crippen molar-refractivity contribution >= 4 is 27.8 Å². The zero-order valence-electron chi connectivity index (χ0n) is 13.0. The molecule has 1 aromatic carbocycles. The van der Waals surface area contributed by atoms with E-state index in [0.29, 0.717) is 5.92 Å². The molecule has 0 spiro atoms. The summed E-state index contributed by atoms with van der Waals surface area (Å²) in [6.07, 6.45) is 5.30. The lowest BCUT2D eigenvalue weighted by Gasteiger charge is -2.24. The summed E-state index contributed by atoms with van der Waals surface area (Å²) in [7, 11) is 0. The maximum absolute atomic E-state index is 4.42. The van der Waals surface area contributed by atoms with Crippen molar-refractivity contribution in [3.05, 3.63) is 48.5 Å². The van der Waals surface area contributed by atoms with Crippen LogP contribution in [-0.4, -0.2) is 25.1 Å². The Morgan fingerprint density at radius 1 is 1.13 bits per heavy atom. The van der Waals surface area contributed by atoms with E-state index >= 15 is 0 Å². The van der Waals surface area contributed by atoms with E-state index in [-0.39, 0.29) is 6.04 Å². The molecule has 0 fully saturated rings. The highest BCUT2D eigenvalue weighted by molar-refractivity contribution is 5.87. The second-order valence-corrected chi connectivity index (χ2v) is 6.04. The van der Waals surface area contributed by atoms with E-state index in [2.05, 4.69) is 62.5 Å². The van der Waals surface area contributed by atoms with E-state index in [4.69, 9.17) is 0 Å². The third kappa shape index (κ3) is 2.42. The number of benzene rings is 1. The minimum Gasteiger partial charge on any atom is -0.362 e. The van der Waals surface area contributed by atoms with Gasteiger partial charge in [-0.05, 0) is 23.6 Å². The van der Waals surface area contributed by atoms with Gasteiger partial charge in [0.1, 0.15) is 17.8 Å². The first kappa shape index (κ1) is 13.8. The molecule has 0 bridgehead atoms. The molecule has 0 aliphatic carbocycles. The fourth-order valence-electron chi connectivity index (χ4n) is 2.92. The zero-order chi connectivity index (χ0) is 15.8. The number of aromatic amines is 2. The number of hydrogen-bond acceptors (Lipinski definition) is 4. The lowest BCUT2D eigenvalue weighted by Crippen LogP contribution is -2.17. The fourth-order valence-corrected chi connectivity index (χ4v) is 2.92. The van der Waals surface area contributed by atoms with Gasteiger partial charge in [0.2, 0.25) is 0 Å². The van der Waals surface area contributed by atoms with Crippen LogP contribution < -0.4 is 5.32 Å². The minimum absolute atomic E-state index is 0.149. The smallest absolute Gasteiger partial charge is 0.142 e. The van der Waals surface area contributed by atoms with E-state index < -0.39 is 0 Å². The summed E-state index contributed by atoms with van der Waals surface area (Å²) in [5.41, 5.74) is 3.09. The Bertz CT molecular complexity index is 952. The summed E-state index contributed by atoms with van der Waals surface area (Å²) in [5.74, 6) is 1.25. The van der Waals surface area contributed by atoms with Crippen molar-refractivity contribution in [2.75, 3.05) is 5.32 Å². The van der Waals surface area contributed by atoms with Crippen LogP contribution in [0.3, 0.4) is 0 Å². The predicted octanol–water partition coefficient (Wildman–Crippen LogP) is 3.64. The standard InChI is InChI=1S/C17H18N6/c1-10(2)15(11-3-4-12-8-21-23-14(12)7-11)22-17-13-5-6-18-16(13)19-9-20-17/h3-10,15H,1-2H3,(H,21,23)(H2,18,19,20,22)/t15-/m1/s1. The molecular weight excluding hydrogens is 288 g/mol. The van der Waals surface area contributed by atoms with Crippen molar-refractivity contribution in [1.29, 1.82) is 0 Å². The van der Waals surface area contributed by atoms with Gasteiger partial charge in [0, 0.05) is 11.6 Å². The number of nitrogens with zero attached hydrogens (tertiary/aromatic N) is 3. The molecular formula is C17H18N6. The normalized spacial score (nSPS) is 13.0. The molecule has 1 atom stereocenters. The molecule has 4 aromatic rings. The van der Waals surface area contributed by atoms with Gasteiger partial charge < -0.3 is 10.3 Å². The molecule has 0 saturated carbocycles. The van der Waals surface area contributed by atoms with Gasteiger partial charge in [0.05, 0.1) is 23.1 Å². The van der Waals surface area contributed by atoms with Crippen molar-refractivity contribution in [2.24, 2.45) is 5.92 Å². The Morgan fingerprint density at radius 3 is 2.91 bits per heavy atom. The topological polar surface area (TPSA) is 82.3 Å². The second-order valence-electron chi connectivity index (χ2n) is 6.04. The molecule has 116 valence electrons. The first-order chi connectivity index (χ1) is 11.2. The molecule has 0 saturated heterocycles. The number of anilines is 1.